The van der Waals surface area contributed by atoms with E-state index in [1.54, 1.807) is 43.7 Å². The minimum atomic E-state index is -0.915. The van der Waals surface area contributed by atoms with Gasteiger partial charge < -0.3 is 15.8 Å². The molecule has 1 aliphatic heterocycles. The van der Waals surface area contributed by atoms with Crippen LogP contribution in [0.1, 0.15) is 20.8 Å². The molecular formula is C19H29N6O4+. The van der Waals surface area contributed by atoms with Crippen LogP contribution in [0.5, 0.6) is 0 Å². The summed E-state index contributed by atoms with van der Waals surface area (Å²) in [5.74, 6) is -0.651. The van der Waals surface area contributed by atoms with Crippen molar-refractivity contribution in [3.05, 3.63) is 28.8 Å². The highest BCUT2D eigenvalue weighted by Gasteiger charge is 2.33. The third kappa shape index (κ3) is 4.48. The van der Waals surface area contributed by atoms with Crippen molar-refractivity contribution in [1.82, 2.24) is 19.4 Å². The number of pyridine rings is 1. The summed E-state index contributed by atoms with van der Waals surface area (Å²) in [7, 11) is 0. The molecule has 3 rings (SSSR count). The lowest BCUT2D eigenvalue weighted by Gasteiger charge is -2.28. The number of nitrogens with zero attached hydrogens (tertiary/aromatic N) is 3. The van der Waals surface area contributed by atoms with Crippen LogP contribution in [0.2, 0.25) is 0 Å². The summed E-state index contributed by atoms with van der Waals surface area (Å²) in [5.41, 5.74) is 5.40. The molecule has 2 aromatic heterocycles. The van der Waals surface area contributed by atoms with Crippen LogP contribution in [0.15, 0.2) is 23.1 Å². The molecule has 0 aromatic carbocycles. The largest absolute Gasteiger partial charge is 0.424 e. The molecular weight excluding hydrogens is 376 g/mol. The Morgan fingerprint density at radius 1 is 1.28 bits per heavy atom. The fourth-order valence-electron chi connectivity index (χ4n) is 3.51. The van der Waals surface area contributed by atoms with Crippen LogP contribution >= 0.6 is 0 Å². The van der Waals surface area contributed by atoms with E-state index in [0.717, 1.165) is 17.7 Å². The van der Waals surface area contributed by atoms with Gasteiger partial charge in [0.1, 0.15) is 18.1 Å². The lowest BCUT2D eigenvalue weighted by molar-refractivity contribution is -0.349. The third-order valence-electron chi connectivity index (χ3n) is 5.11. The van der Waals surface area contributed by atoms with Gasteiger partial charge in [0, 0.05) is 19.6 Å². The fraction of sp³-hybridized carbons (Fsp3) is 0.579. The summed E-state index contributed by atoms with van der Waals surface area (Å²) in [6, 6.07) is 1.81. The van der Waals surface area contributed by atoms with E-state index >= 15 is 0 Å². The average Bonchev–Trinajstić information content (AvgIpc) is 2.95. The average molecular weight is 405 g/mol. The Kier molecular flexibility index (Phi) is 6.04. The van der Waals surface area contributed by atoms with Crippen LogP contribution in [0.4, 0.5) is 4.79 Å². The van der Waals surface area contributed by atoms with E-state index in [0.29, 0.717) is 37.5 Å². The first-order valence-corrected chi connectivity index (χ1v) is 9.72. The smallest absolute Gasteiger partial charge is 0.379 e. The number of nitrogens with two attached hydrogens (primary N) is 1. The Morgan fingerprint density at radius 2 is 1.97 bits per heavy atom. The second-order valence-electron chi connectivity index (χ2n) is 8.28. The van der Waals surface area contributed by atoms with Gasteiger partial charge in [-0.3, -0.25) is 9.69 Å². The van der Waals surface area contributed by atoms with Gasteiger partial charge in [-0.15, -0.1) is 0 Å². The van der Waals surface area contributed by atoms with E-state index in [2.05, 4.69) is 15.2 Å². The Morgan fingerprint density at radius 3 is 2.59 bits per heavy atom. The van der Waals surface area contributed by atoms with Crippen molar-refractivity contribution in [2.75, 3.05) is 32.8 Å². The molecule has 0 aliphatic carbocycles. The molecule has 0 spiro atoms. The number of primary amides is 1. The SMILES string of the molecule is CC(C)(C)[C@H](NC(=O)n1c(=O)n(CCN2CCOCC2)c2[nH+]cccc21)C(N)=O. The second-order valence-corrected chi connectivity index (χ2v) is 8.28. The summed E-state index contributed by atoms with van der Waals surface area (Å²) in [6.07, 6.45) is 1.70. The number of H-pyrrole nitrogens is 1. The number of carbonyl (C=O) groups excluding carboxylic acids is 2. The van der Waals surface area contributed by atoms with Crippen molar-refractivity contribution >= 4 is 23.1 Å². The van der Waals surface area contributed by atoms with Gasteiger partial charge in [-0.2, -0.15) is 9.13 Å². The lowest BCUT2D eigenvalue weighted by Crippen LogP contribution is -2.54. The molecule has 1 aliphatic rings. The molecule has 1 fully saturated rings. The molecule has 1 atom stereocenters. The number of hydrogen-bond acceptors (Lipinski definition) is 5. The number of carbonyl (C=O) groups is 2. The zero-order valence-corrected chi connectivity index (χ0v) is 17.1. The Bertz CT molecular complexity index is 952. The molecule has 0 bridgehead atoms. The Labute approximate surface area is 168 Å². The van der Waals surface area contributed by atoms with Gasteiger partial charge in [0.15, 0.2) is 0 Å². The van der Waals surface area contributed by atoms with Gasteiger partial charge in [-0.05, 0) is 17.5 Å². The molecule has 4 N–H and O–H groups in total. The fourth-order valence-corrected chi connectivity index (χ4v) is 3.51. The molecule has 2 amide bonds. The van der Waals surface area contributed by atoms with E-state index in [1.807, 2.05) is 0 Å². The molecule has 0 saturated carbocycles. The maximum absolute atomic E-state index is 13.1. The molecule has 10 nitrogen and oxygen atoms in total. The van der Waals surface area contributed by atoms with E-state index in [1.165, 1.54) is 0 Å². The zero-order valence-electron chi connectivity index (χ0n) is 17.1. The Hall–Kier alpha value is -2.72. The number of hydrogen-bond donors (Lipinski definition) is 2. The highest BCUT2D eigenvalue weighted by molar-refractivity contribution is 5.91. The monoisotopic (exact) mass is 405 g/mol. The van der Waals surface area contributed by atoms with Crippen molar-refractivity contribution in [2.24, 2.45) is 11.1 Å². The molecule has 0 radical (unpaired) electrons. The van der Waals surface area contributed by atoms with Gasteiger partial charge in [0.05, 0.1) is 19.4 Å². The number of aromatic nitrogens is 3. The maximum atomic E-state index is 13.1. The summed E-state index contributed by atoms with van der Waals surface area (Å²) < 4.78 is 7.94. The number of rotatable bonds is 5. The lowest BCUT2D eigenvalue weighted by atomic mass is 9.86. The minimum Gasteiger partial charge on any atom is -0.379 e. The molecule has 2 aromatic rings. The summed E-state index contributed by atoms with van der Waals surface area (Å²) in [5, 5.41) is 2.62. The van der Waals surface area contributed by atoms with E-state index < -0.39 is 29.1 Å². The van der Waals surface area contributed by atoms with Crippen molar-refractivity contribution in [3.63, 3.8) is 0 Å². The topological polar surface area (TPSA) is 126 Å². The van der Waals surface area contributed by atoms with Gasteiger partial charge in [-0.25, -0.2) is 14.6 Å². The molecule has 0 unspecified atom stereocenters. The molecule has 3 heterocycles. The number of aromatic amines is 1. The van der Waals surface area contributed by atoms with Crippen LogP contribution in [-0.4, -0.2) is 64.9 Å². The van der Waals surface area contributed by atoms with E-state index in [4.69, 9.17) is 10.5 Å². The quantitative estimate of drug-likeness (QED) is 0.687. The van der Waals surface area contributed by atoms with Gasteiger partial charge in [-0.1, -0.05) is 20.8 Å². The first kappa shape index (κ1) is 21.0. The second kappa shape index (κ2) is 8.34. The number of morpholine rings is 1. The van der Waals surface area contributed by atoms with Crippen LogP contribution in [-0.2, 0) is 16.1 Å². The molecule has 1 saturated heterocycles. The van der Waals surface area contributed by atoms with E-state index in [-0.39, 0.29) is 0 Å². The molecule has 29 heavy (non-hydrogen) atoms. The number of nitrogens with one attached hydrogen (secondary N) is 2. The van der Waals surface area contributed by atoms with Crippen LogP contribution in [0, 0.1) is 5.41 Å². The maximum Gasteiger partial charge on any atom is 0.424 e. The standard InChI is InChI=1S/C19H28N6O4/c1-19(2,3)14(15(20)26)22-17(27)25-13-5-4-6-21-16(13)24(18(25)28)8-7-23-9-11-29-12-10-23/h4-6,14H,7-12H2,1-3H3,(H2,20,26)(H,22,27)/p+1/t14-/m1/s1. The van der Waals surface area contributed by atoms with Crippen molar-refractivity contribution in [2.45, 2.75) is 33.4 Å². The van der Waals surface area contributed by atoms with Crippen molar-refractivity contribution in [3.8, 4) is 0 Å². The molecule has 10 heteroatoms. The van der Waals surface area contributed by atoms with Crippen LogP contribution < -0.4 is 21.7 Å². The van der Waals surface area contributed by atoms with Gasteiger partial charge in [0.2, 0.25) is 5.91 Å². The summed E-state index contributed by atoms with van der Waals surface area (Å²) in [6.45, 7) is 9.44. The Balaban J connectivity index is 1.91. The summed E-state index contributed by atoms with van der Waals surface area (Å²) in [4.78, 5) is 43.1. The van der Waals surface area contributed by atoms with E-state index in [9.17, 15) is 14.4 Å². The van der Waals surface area contributed by atoms with Crippen molar-refractivity contribution < 1.29 is 19.3 Å². The van der Waals surface area contributed by atoms with Crippen LogP contribution in [0.25, 0.3) is 11.2 Å². The highest BCUT2D eigenvalue weighted by Crippen LogP contribution is 2.19. The minimum absolute atomic E-state index is 0.425. The third-order valence-corrected chi connectivity index (χ3v) is 5.11. The van der Waals surface area contributed by atoms with Gasteiger partial charge >= 0.3 is 17.4 Å². The van der Waals surface area contributed by atoms with Gasteiger partial charge in [0.25, 0.3) is 0 Å². The predicted octanol–water partition coefficient (Wildman–Crippen LogP) is -0.593. The predicted molar refractivity (Wildman–Crippen MR) is 106 cm³/mol. The van der Waals surface area contributed by atoms with Crippen molar-refractivity contribution in [1.29, 1.82) is 0 Å². The molecule has 158 valence electrons. The first-order chi connectivity index (χ1) is 13.7. The number of fused-ring (bicyclic) bond motifs is 1. The van der Waals surface area contributed by atoms with Crippen LogP contribution in [0.3, 0.4) is 0 Å². The number of ether oxygens (including phenoxy) is 1. The first-order valence-electron chi connectivity index (χ1n) is 9.72. The highest BCUT2D eigenvalue weighted by atomic mass is 16.5. The zero-order chi connectivity index (χ0) is 21.2. The summed E-state index contributed by atoms with van der Waals surface area (Å²) >= 11 is 0. The number of amides is 2. The number of imidazole rings is 1. The normalized spacial score (nSPS) is 16.7.